The Hall–Kier alpha value is -1.44. The van der Waals surface area contributed by atoms with Crippen molar-refractivity contribution in [3.63, 3.8) is 0 Å². The molecule has 1 aromatic carbocycles. The van der Waals surface area contributed by atoms with Crippen LogP contribution in [0.15, 0.2) is 18.3 Å². The second-order valence-electron chi connectivity index (χ2n) is 8.14. The van der Waals surface area contributed by atoms with Crippen molar-refractivity contribution in [3.8, 4) is 0 Å². The van der Waals surface area contributed by atoms with Crippen molar-refractivity contribution in [2.75, 3.05) is 0 Å². The minimum Gasteiger partial charge on any atom is -0.399 e. The number of hydrogen-bond donors (Lipinski definition) is 1. The SMILES string of the molecule is CC(C)(O)Cn1ncc2cc(B3OC(C)(C)C(C)(C)O3)c(F)cc21. The lowest BCUT2D eigenvalue weighted by atomic mass is 9.78. The van der Waals surface area contributed by atoms with Gasteiger partial charge < -0.3 is 14.4 Å². The largest absolute Gasteiger partial charge is 0.497 e. The summed E-state index contributed by atoms with van der Waals surface area (Å²) in [4.78, 5) is 0. The van der Waals surface area contributed by atoms with Crippen LogP contribution >= 0.6 is 0 Å². The molecule has 1 N–H and O–H groups in total. The Labute approximate surface area is 141 Å². The highest BCUT2D eigenvalue weighted by Crippen LogP contribution is 2.36. The third-order valence-corrected chi connectivity index (χ3v) is 4.80. The molecule has 1 saturated heterocycles. The van der Waals surface area contributed by atoms with Gasteiger partial charge >= 0.3 is 7.12 Å². The van der Waals surface area contributed by atoms with E-state index < -0.39 is 29.7 Å². The van der Waals surface area contributed by atoms with Gasteiger partial charge in [-0.3, -0.25) is 4.68 Å². The molecular weight excluding hydrogens is 310 g/mol. The van der Waals surface area contributed by atoms with Crippen molar-refractivity contribution >= 4 is 23.5 Å². The fourth-order valence-electron chi connectivity index (χ4n) is 2.76. The summed E-state index contributed by atoms with van der Waals surface area (Å²) in [6.45, 7) is 11.4. The number of hydrogen-bond acceptors (Lipinski definition) is 4. The molecule has 2 aromatic rings. The summed E-state index contributed by atoms with van der Waals surface area (Å²) in [7, 11) is -0.753. The Bertz CT molecular complexity index is 764. The summed E-state index contributed by atoms with van der Waals surface area (Å²) in [6, 6.07) is 3.13. The van der Waals surface area contributed by atoms with Gasteiger partial charge in [-0.15, -0.1) is 0 Å². The zero-order valence-corrected chi connectivity index (χ0v) is 15.1. The molecule has 7 heteroatoms. The standard InChI is InChI=1S/C17H24BFN2O3/c1-15(2,22)10-21-14-8-13(19)12(7-11(14)9-20-21)18-23-16(3,4)17(5,6)24-18/h7-9,22H,10H2,1-6H3. The zero-order chi connectivity index (χ0) is 17.9. The van der Waals surface area contributed by atoms with Crippen LogP contribution < -0.4 is 5.46 Å². The predicted octanol–water partition coefficient (Wildman–Crippen LogP) is 2.25. The number of benzene rings is 1. The van der Waals surface area contributed by atoms with Gasteiger partial charge in [-0.25, -0.2) is 4.39 Å². The number of nitrogens with zero attached hydrogens (tertiary/aromatic N) is 2. The van der Waals surface area contributed by atoms with Crippen LogP contribution in [-0.4, -0.2) is 38.8 Å². The van der Waals surface area contributed by atoms with E-state index in [1.807, 2.05) is 27.7 Å². The van der Waals surface area contributed by atoms with Gasteiger partial charge in [-0.1, -0.05) is 0 Å². The summed E-state index contributed by atoms with van der Waals surface area (Å²) >= 11 is 0. The molecule has 1 aliphatic rings. The van der Waals surface area contributed by atoms with E-state index in [9.17, 15) is 9.50 Å². The van der Waals surface area contributed by atoms with Gasteiger partial charge in [-0.2, -0.15) is 5.10 Å². The average Bonchev–Trinajstić information content (AvgIpc) is 2.86. The molecule has 24 heavy (non-hydrogen) atoms. The van der Waals surface area contributed by atoms with E-state index in [0.29, 0.717) is 11.0 Å². The van der Waals surface area contributed by atoms with Gasteiger partial charge in [0.05, 0.1) is 35.1 Å². The van der Waals surface area contributed by atoms with Gasteiger partial charge in [0, 0.05) is 10.8 Å². The Morgan fingerprint density at radius 1 is 1.21 bits per heavy atom. The molecule has 0 atom stereocenters. The zero-order valence-electron chi connectivity index (χ0n) is 15.1. The van der Waals surface area contributed by atoms with Crippen molar-refractivity contribution in [1.82, 2.24) is 9.78 Å². The van der Waals surface area contributed by atoms with Gasteiger partial charge in [0.15, 0.2) is 0 Å². The Morgan fingerprint density at radius 2 is 1.79 bits per heavy atom. The monoisotopic (exact) mass is 334 g/mol. The first-order chi connectivity index (χ1) is 10.9. The second kappa shape index (κ2) is 5.28. The lowest BCUT2D eigenvalue weighted by Crippen LogP contribution is -2.41. The average molecular weight is 334 g/mol. The van der Waals surface area contributed by atoms with Crippen LogP contribution in [0.3, 0.4) is 0 Å². The van der Waals surface area contributed by atoms with Crippen LogP contribution in [0.4, 0.5) is 4.39 Å². The quantitative estimate of drug-likeness (QED) is 0.875. The summed E-state index contributed by atoms with van der Waals surface area (Å²) in [5.74, 6) is -0.404. The van der Waals surface area contributed by atoms with Crippen molar-refractivity contribution in [1.29, 1.82) is 0 Å². The Balaban J connectivity index is 1.99. The molecule has 5 nitrogen and oxygen atoms in total. The molecule has 2 heterocycles. The minimum absolute atomic E-state index is 0.284. The number of rotatable bonds is 3. The fraction of sp³-hybridized carbons (Fsp3) is 0.588. The van der Waals surface area contributed by atoms with E-state index in [-0.39, 0.29) is 6.54 Å². The molecular formula is C17H24BFN2O3. The molecule has 0 radical (unpaired) electrons. The lowest BCUT2D eigenvalue weighted by Gasteiger charge is -2.32. The number of fused-ring (bicyclic) bond motifs is 1. The van der Waals surface area contributed by atoms with Crippen LogP contribution in [-0.2, 0) is 15.9 Å². The van der Waals surface area contributed by atoms with Crippen LogP contribution in [0.5, 0.6) is 0 Å². The van der Waals surface area contributed by atoms with E-state index in [2.05, 4.69) is 5.10 Å². The predicted molar refractivity (Wildman–Crippen MR) is 91.7 cm³/mol. The molecule has 0 amide bonds. The lowest BCUT2D eigenvalue weighted by molar-refractivity contribution is 0.00578. The number of halogens is 1. The third-order valence-electron chi connectivity index (χ3n) is 4.80. The van der Waals surface area contributed by atoms with E-state index >= 15 is 0 Å². The highest BCUT2D eigenvalue weighted by molar-refractivity contribution is 6.62. The molecule has 0 unspecified atom stereocenters. The highest BCUT2D eigenvalue weighted by atomic mass is 19.1. The highest BCUT2D eigenvalue weighted by Gasteiger charge is 2.52. The third kappa shape index (κ3) is 2.96. The maximum absolute atomic E-state index is 14.7. The first kappa shape index (κ1) is 17.4. The summed E-state index contributed by atoms with van der Waals surface area (Å²) in [5, 5.41) is 15.0. The first-order valence-electron chi connectivity index (χ1n) is 8.13. The maximum Gasteiger partial charge on any atom is 0.497 e. The van der Waals surface area contributed by atoms with Gasteiger partial charge in [0.2, 0.25) is 0 Å². The molecule has 0 bridgehead atoms. The molecule has 0 aliphatic carbocycles. The van der Waals surface area contributed by atoms with Gasteiger partial charge in [0.1, 0.15) is 5.82 Å². The van der Waals surface area contributed by atoms with Crippen LogP contribution in [0, 0.1) is 5.82 Å². The van der Waals surface area contributed by atoms with Crippen molar-refractivity contribution in [2.24, 2.45) is 0 Å². The van der Waals surface area contributed by atoms with Crippen molar-refractivity contribution in [2.45, 2.75) is 64.9 Å². The fourth-order valence-corrected chi connectivity index (χ4v) is 2.76. The molecule has 1 aromatic heterocycles. The summed E-state index contributed by atoms with van der Waals surface area (Å²) in [6.07, 6.45) is 1.66. The van der Waals surface area contributed by atoms with Crippen LogP contribution in [0.2, 0.25) is 0 Å². The molecule has 1 fully saturated rings. The van der Waals surface area contributed by atoms with Gasteiger partial charge in [-0.05, 0) is 53.7 Å². The topological polar surface area (TPSA) is 56.5 Å². The normalized spacial score (nSPS) is 20.1. The van der Waals surface area contributed by atoms with Gasteiger partial charge in [0.25, 0.3) is 0 Å². The first-order valence-corrected chi connectivity index (χ1v) is 8.13. The minimum atomic E-state index is -0.931. The molecule has 0 spiro atoms. The summed E-state index contributed by atoms with van der Waals surface area (Å²) < 4.78 is 28.2. The number of aromatic nitrogens is 2. The maximum atomic E-state index is 14.7. The molecule has 0 saturated carbocycles. The number of aliphatic hydroxyl groups is 1. The van der Waals surface area contributed by atoms with E-state index in [0.717, 1.165) is 5.39 Å². The van der Waals surface area contributed by atoms with Crippen LogP contribution in [0.1, 0.15) is 41.5 Å². The summed E-state index contributed by atoms with van der Waals surface area (Å²) in [5.41, 5.74) is -0.979. The second-order valence-corrected chi connectivity index (χ2v) is 8.14. The Kier molecular flexibility index (Phi) is 3.83. The smallest absolute Gasteiger partial charge is 0.399 e. The van der Waals surface area contributed by atoms with E-state index in [1.54, 1.807) is 30.8 Å². The van der Waals surface area contributed by atoms with Crippen molar-refractivity contribution < 1.29 is 18.8 Å². The molecule has 130 valence electrons. The molecule has 3 rings (SSSR count). The van der Waals surface area contributed by atoms with E-state index in [1.165, 1.54) is 6.07 Å². The Morgan fingerprint density at radius 3 is 2.33 bits per heavy atom. The molecule has 1 aliphatic heterocycles. The van der Waals surface area contributed by atoms with Crippen molar-refractivity contribution in [3.05, 3.63) is 24.1 Å². The van der Waals surface area contributed by atoms with E-state index in [4.69, 9.17) is 9.31 Å². The van der Waals surface area contributed by atoms with Crippen LogP contribution in [0.25, 0.3) is 10.9 Å².